The Morgan fingerprint density at radius 1 is 1.23 bits per heavy atom. The molecule has 1 aliphatic rings. The Labute approximate surface area is 156 Å². The molecule has 1 aromatic carbocycles. The van der Waals surface area contributed by atoms with Gasteiger partial charge >= 0.3 is 6.18 Å². The maximum Gasteiger partial charge on any atom is 0.405 e. The Balaban J connectivity index is 0.00000338. The number of nitrogens with one attached hydrogen (secondary N) is 2. The molecular formula is C15H21ClF3N3O3S. The minimum absolute atomic E-state index is 0. The van der Waals surface area contributed by atoms with E-state index in [0.717, 1.165) is 0 Å². The predicted octanol–water partition coefficient (Wildman–Crippen LogP) is 1.43. The minimum Gasteiger partial charge on any atom is -0.314 e. The first-order valence-electron chi connectivity index (χ1n) is 7.73. The lowest BCUT2D eigenvalue weighted by Gasteiger charge is -2.35. The van der Waals surface area contributed by atoms with Gasteiger partial charge in [0.05, 0.1) is 4.90 Å². The number of carbonyl (C=O) groups is 1. The lowest BCUT2D eigenvalue weighted by atomic mass is 10.2. The number of rotatable bonds is 6. The van der Waals surface area contributed by atoms with Crippen molar-refractivity contribution in [2.45, 2.75) is 24.0 Å². The highest BCUT2D eigenvalue weighted by atomic mass is 35.5. The molecule has 0 spiro atoms. The van der Waals surface area contributed by atoms with Crippen molar-refractivity contribution in [3.8, 4) is 0 Å². The van der Waals surface area contributed by atoms with E-state index in [1.165, 1.54) is 36.1 Å². The Morgan fingerprint density at radius 3 is 2.23 bits per heavy atom. The standard InChI is InChI=1S/C15H20F3N3O3S.ClH/c1-11(22)12-2-4-13(5-3-12)25(23,24)20-10-14(15(16,17)18)21-8-6-19-7-9-21;/h2-5,14,19-20H,6-10H2,1H3;1H. The Hall–Kier alpha value is -1.20. The lowest BCUT2D eigenvalue weighted by molar-refractivity contribution is -0.182. The number of carbonyl (C=O) groups excluding carboxylic acids is 1. The average molecular weight is 416 g/mol. The molecule has 1 saturated heterocycles. The average Bonchev–Trinajstić information content (AvgIpc) is 2.54. The van der Waals surface area contributed by atoms with Gasteiger partial charge in [0, 0.05) is 38.3 Å². The first-order valence-corrected chi connectivity index (χ1v) is 9.22. The SMILES string of the molecule is CC(=O)c1ccc(S(=O)(=O)NCC(N2CCNCC2)C(F)(F)F)cc1.Cl. The summed E-state index contributed by atoms with van der Waals surface area (Å²) < 4.78 is 66.4. The van der Waals surface area contributed by atoms with Crippen LogP contribution in [0.15, 0.2) is 29.2 Å². The maximum atomic E-state index is 13.3. The van der Waals surface area contributed by atoms with E-state index in [1.54, 1.807) is 0 Å². The van der Waals surface area contributed by atoms with Gasteiger partial charge in [-0.3, -0.25) is 9.69 Å². The summed E-state index contributed by atoms with van der Waals surface area (Å²) in [5.41, 5.74) is 0.327. The third kappa shape index (κ3) is 5.92. The van der Waals surface area contributed by atoms with Crippen molar-refractivity contribution < 1.29 is 26.4 Å². The quantitative estimate of drug-likeness (QED) is 0.687. The zero-order chi connectivity index (χ0) is 18.7. The smallest absolute Gasteiger partial charge is 0.314 e. The molecular weight excluding hydrogens is 395 g/mol. The molecule has 2 rings (SSSR count). The van der Waals surface area contributed by atoms with Crippen LogP contribution >= 0.6 is 12.4 Å². The summed E-state index contributed by atoms with van der Waals surface area (Å²) in [6, 6.07) is 3.17. The molecule has 0 aliphatic carbocycles. The molecule has 0 aromatic heterocycles. The second kappa shape index (κ2) is 9.14. The molecule has 6 nitrogen and oxygen atoms in total. The largest absolute Gasteiger partial charge is 0.405 e. The molecule has 0 amide bonds. The molecule has 1 heterocycles. The van der Waals surface area contributed by atoms with Crippen LogP contribution in [-0.2, 0) is 10.0 Å². The van der Waals surface area contributed by atoms with Gasteiger partial charge in [-0.1, -0.05) is 12.1 Å². The fourth-order valence-electron chi connectivity index (χ4n) is 2.59. The summed E-state index contributed by atoms with van der Waals surface area (Å²) in [4.78, 5) is 12.2. The van der Waals surface area contributed by atoms with Crippen LogP contribution in [0.1, 0.15) is 17.3 Å². The van der Waals surface area contributed by atoms with E-state index in [4.69, 9.17) is 0 Å². The van der Waals surface area contributed by atoms with Crippen LogP contribution in [0.2, 0.25) is 0 Å². The number of hydrogen-bond acceptors (Lipinski definition) is 5. The van der Waals surface area contributed by atoms with Crippen molar-refractivity contribution in [1.29, 1.82) is 0 Å². The van der Waals surface area contributed by atoms with Gasteiger partial charge in [-0.15, -0.1) is 12.4 Å². The number of nitrogens with zero attached hydrogens (tertiary/aromatic N) is 1. The van der Waals surface area contributed by atoms with E-state index in [9.17, 15) is 26.4 Å². The van der Waals surface area contributed by atoms with Crippen LogP contribution in [0.5, 0.6) is 0 Å². The van der Waals surface area contributed by atoms with E-state index in [1.807, 2.05) is 4.72 Å². The second-order valence-electron chi connectivity index (χ2n) is 5.78. The molecule has 1 aromatic rings. The molecule has 11 heteroatoms. The van der Waals surface area contributed by atoms with Crippen molar-refractivity contribution in [2.24, 2.45) is 0 Å². The third-order valence-corrected chi connectivity index (χ3v) is 5.45. The number of Topliss-reactive ketones (excluding diaryl/α,β-unsaturated/α-hetero) is 1. The molecule has 26 heavy (non-hydrogen) atoms. The highest BCUT2D eigenvalue weighted by Gasteiger charge is 2.44. The first-order chi connectivity index (χ1) is 11.6. The van der Waals surface area contributed by atoms with Gasteiger partial charge in [-0.05, 0) is 19.1 Å². The topological polar surface area (TPSA) is 78.5 Å². The fraction of sp³-hybridized carbons (Fsp3) is 0.533. The normalized spacial score (nSPS) is 17.4. The first kappa shape index (κ1) is 22.8. The van der Waals surface area contributed by atoms with Crippen molar-refractivity contribution in [1.82, 2.24) is 14.9 Å². The van der Waals surface area contributed by atoms with Gasteiger partial charge in [0.25, 0.3) is 0 Å². The Morgan fingerprint density at radius 2 is 1.77 bits per heavy atom. The van der Waals surface area contributed by atoms with Gasteiger partial charge in [0.2, 0.25) is 10.0 Å². The van der Waals surface area contributed by atoms with Crippen molar-refractivity contribution in [3.05, 3.63) is 29.8 Å². The zero-order valence-corrected chi connectivity index (χ0v) is 15.7. The number of benzene rings is 1. The molecule has 1 fully saturated rings. The van der Waals surface area contributed by atoms with E-state index >= 15 is 0 Å². The van der Waals surface area contributed by atoms with Crippen LogP contribution < -0.4 is 10.0 Å². The summed E-state index contributed by atoms with van der Waals surface area (Å²) in [7, 11) is -4.10. The molecule has 1 aliphatic heterocycles. The highest BCUT2D eigenvalue weighted by molar-refractivity contribution is 7.89. The minimum atomic E-state index is -4.54. The van der Waals surface area contributed by atoms with Gasteiger partial charge in [0.15, 0.2) is 5.78 Å². The zero-order valence-electron chi connectivity index (χ0n) is 14.0. The molecule has 1 unspecified atom stereocenters. The van der Waals surface area contributed by atoms with Gasteiger partial charge < -0.3 is 5.32 Å². The number of piperazine rings is 1. The lowest BCUT2D eigenvalue weighted by Crippen LogP contribution is -2.57. The predicted molar refractivity (Wildman–Crippen MR) is 93.2 cm³/mol. The Bertz CT molecular complexity index is 705. The van der Waals surface area contributed by atoms with Gasteiger partial charge in [-0.2, -0.15) is 13.2 Å². The number of sulfonamides is 1. The molecule has 1 atom stereocenters. The van der Waals surface area contributed by atoms with Crippen LogP contribution in [0.3, 0.4) is 0 Å². The summed E-state index contributed by atoms with van der Waals surface area (Å²) >= 11 is 0. The number of alkyl halides is 3. The van der Waals surface area contributed by atoms with E-state index in [-0.39, 0.29) is 36.2 Å². The van der Waals surface area contributed by atoms with Gasteiger partial charge in [-0.25, -0.2) is 13.1 Å². The van der Waals surface area contributed by atoms with Gasteiger partial charge in [0.1, 0.15) is 6.04 Å². The summed E-state index contributed by atoms with van der Waals surface area (Å²) in [6.45, 7) is 1.81. The second-order valence-corrected chi connectivity index (χ2v) is 7.54. The monoisotopic (exact) mass is 415 g/mol. The van der Waals surface area contributed by atoms with E-state index in [2.05, 4.69) is 5.32 Å². The molecule has 0 saturated carbocycles. The van der Waals surface area contributed by atoms with Crippen LogP contribution in [0.4, 0.5) is 13.2 Å². The Kier molecular flexibility index (Phi) is 8.03. The summed E-state index contributed by atoms with van der Waals surface area (Å²) in [6.07, 6.45) is -4.54. The fourth-order valence-corrected chi connectivity index (χ4v) is 3.62. The van der Waals surface area contributed by atoms with Crippen molar-refractivity contribution in [2.75, 3.05) is 32.7 Å². The van der Waals surface area contributed by atoms with Crippen LogP contribution in [0, 0.1) is 0 Å². The molecule has 0 radical (unpaired) electrons. The van der Waals surface area contributed by atoms with E-state index in [0.29, 0.717) is 18.7 Å². The van der Waals surface area contributed by atoms with Crippen LogP contribution in [-0.4, -0.2) is 64.0 Å². The third-order valence-electron chi connectivity index (χ3n) is 4.01. The van der Waals surface area contributed by atoms with E-state index < -0.39 is 28.8 Å². The number of halogens is 4. The van der Waals surface area contributed by atoms with Crippen molar-refractivity contribution in [3.63, 3.8) is 0 Å². The summed E-state index contributed by atoms with van der Waals surface area (Å²) in [5.74, 6) is -0.229. The molecule has 148 valence electrons. The molecule has 2 N–H and O–H groups in total. The molecule has 0 bridgehead atoms. The van der Waals surface area contributed by atoms with Crippen LogP contribution in [0.25, 0.3) is 0 Å². The summed E-state index contributed by atoms with van der Waals surface area (Å²) in [5, 5.41) is 2.96. The number of hydrogen-bond donors (Lipinski definition) is 2. The number of ketones is 1. The maximum absolute atomic E-state index is 13.3. The highest BCUT2D eigenvalue weighted by Crippen LogP contribution is 2.25. The van der Waals surface area contributed by atoms with Crippen molar-refractivity contribution >= 4 is 28.2 Å².